The van der Waals surface area contributed by atoms with E-state index >= 15 is 0 Å². The molecule has 0 saturated heterocycles. The van der Waals surface area contributed by atoms with Crippen molar-refractivity contribution in [2.45, 2.75) is 25.8 Å². The van der Waals surface area contributed by atoms with Gasteiger partial charge in [-0.1, -0.05) is 6.07 Å². The first-order valence-corrected chi connectivity index (χ1v) is 6.37. The largest absolute Gasteiger partial charge is 0.357 e. The molecule has 0 saturated carbocycles. The highest BCUT2D eigenvalue weighted by Gasteiger charge is 2.20. The smallest absolute Gasteiger partial charge is 0.242 e. The molecule has 0 bridgehead atoms. The van der Waals surface area contributed by atoms with Crippen LogP contribution in [0.3, 0.4) is 0 Å². The lowest BCUT2D eigenvalue weighted by molar-refractivity contribution is -0.123. The molecule has 1 unspecified atom stereocenters. The average molecular weight is 266 g/mol. The molecule has 18 heavy (non-hydrogen) atoms. The zero-order valence-electron chi connectivity index (χ0n) is 10.7. The Labute approximate surface area is 111 Å². The summed E-state index contributed by atoms with van der Waals surface area (Å²) in [7, 11) is 1.63. The summed E-state index contributed by atoms with van der Waals surface area (Å²) >= 11 is 5.92. The van der Waals surface area contributed by atoms with Crippen LogP contribution in [0.2, 0.25) is 0 Å². The normalized spacial score (nSPS) is 12.7. The molecule has 1 N–H and O–H groups in total. The van der Waals surface area contributed by atoms with Crippen molar-refractivity contribution < 1.29 is 4.79 Å². The Morgan fingerprint density at radius 2 is 2.28 bits per heavy atom. The predicted octanol–water partition coefficient (Wildman–Crippen LogP) is 2.39. The molecule has 0 aliphatic rings. The molecule has 1 aromatic carbocycles. The first-order chi connectivity index (χ1) is 8.58. The highest BCUT2D eigenvalue weighted by molar-refractivity contribution is 6.17. The number of hydrogen-bond donors (Lipinski definition) is 1. The minimum absolute atomic E-state index is 0.0544. The molecular formula is C13H16ClN3O. The van der Waals surface area contributed by atoms with Crippen LogP contribution >= 0.6 is 11.6 Å². The van der Waals surface area contributed by atoms with Crippen LogP contribution in [0.5, 0.6) is 0 Å². The van der Waals surface area contributed by atoms with E-state index in [2.05, 4.69) is 10.3 Å². The summed E-state index contributed by atoms with van der Waals surface area (Å²) in [5.41, 5.74) is 2.95. The second-order valence-electron chi connectivity index (χ2n) is 4.31. The van der Waals surface area contributed by atoms with Crippen molar-refractivity contribution in [2.24, 2.45) is 0 Å². The van der Waals surface area contributed by atoms with Gasteiger partial charge < -0.3 is 9.88 Å². The minimum atomic E-state index is -0.323. The van der Waals surface area contributed by atoms with E-state index in [9.17, 15) is 4.79 Å². The number of benzene rings is 1. The van der Waals surface area contributed by atoms with E-state index in [0.29, 0.717) is 5.82 Å². The second kappa shape index (κ2) is 4.98. The van der Waals surface area contributed by atoms with Gasteiger partial charge in [0.2, 0.25) is 5.91 Å². The van der Waals surface area contributed by atoms with E-state index in [0.717, 1.165) is 16.6 Å². The minimum Gasteiger partial charge on any atom is -0.357 e. The van der Waals surface area contributed by atoms with Crippen molar-refractivity contribution in [1.82, 2.24) is 14.9 Å². The molecule has 1 atom stereocenters. The highest BCUT2D eigenvalue weighted by Crippen LogP contribution is 2.23. The van der Waals surface area contributed by atoms with Crippen molar-refractivity contribution in [3.05, 3.63) is 29.6 Å². The van der Waals surface area contributed by atoms with Crippen LogP contribution in [-0.2, 0) is 10.7 Å². The molecule has 0 fully saturated rings. The Bertz CT molecular complexity index is 591. The van der Waals surface area contributed by atoms with E-state index in [-0.39, 0.29) is 17.8 Å². The number of carbonyl (C=O) groups is 1. The Morgan fingerprint density at radius 1 is 1.56 bits per heavy atom. The lowest BCUT2D eigenvalue weighted by atomic mass is 10.2. The lowest BCUT2D eigenvalue weighted by Gasteiger charge is -2.15. The van der Waals surface area contributed by atoms with Gasteiger partial charge in [-0.05, 0) is 31.5 Å². The van der Waals surface area contributed by atoms with Gasteiger partial charge in [-0.15, -0.1) is 11.6 Å². The van der Waals surface area contributed by atoms with Crippen molar-refractivity contribution in [3.63, 3.8) is 0 Å². The number of halogens is 1. The Hall–Kier alpha value is -1.55. The number of alkyl halides is 1. The van der Waals surface area contributed by atoms with Gasteiger partial charge in [-0.3, -0.25) is 4.79 Å². The van der Waals surface area contributed by atoms with Crippen LogP contribution < -0.4 is 5.32 Å². The molecule has 2 rings (SSSR count). The van der Waals surface area contributed by atoms with E-state index < -0.39 is 0 Å². The zero-order valence-corrected chi connectivity index (χ0v) is 11.5. The fourth-order valence-corrected chi connectivity index (χ4v) is 2.30. The number of nitrogens with zero attached hydrogens (tertiary/aromatic N) is 2. The number of fused-ring (bicyclic) bond motifs is 1. The molecule has 1 heterocycles. The van der Waals surface area contributed by atoms with E-state index in [4.69, 9.17) is 11.6 Å². The van der Waals surface area contributed by atoms with E-state index in [1.54, 1.807) is 7.05 Å². The molecular weight excluding hydrogens is 250 g/mol. The fraction of sp³-hybridized carbons (Fsp3) is 0.385. The van der Waals surface area contributed by atoms with Gasteiger partial charge in [-0.2, -0.15) is 0 Å². The van der Waals surface area contributed by atoms with Gasteiger partial charge in [0.1, 0.15) is 11.9 Å². The van der Waals surface area contributed by atoms with Crippen LogP contribution in [0, 0.1) is 6.92 Å². The summed E-state index contributed by atoms with van der Waals surface area (Å²) in [4.78, 5) is 16.3. The third-order valence-electron chi connectivity index (χ3n) is 3.05. The van der Waals surface area contributed by atoms with Crippen molar-refractivity contribution >= 4 is 28.5 Å². The van der Waals surface area contributed by atoms with Crippen LogP contribution in [0.4, 0.5) is 0 Å². The quantitative estimate of drug-likeness (QED) is 0.867. The first-order valence-electron chi connectivity index (χ1n) is 5.83. The van der Waals surface area contributed by atoms with Crippen LogP contribution in [0.1, 0.15) is 24.4 Å². The number of amides is 1. The maximum atomic E-state index is 11.8. The summed E-state index contributed by atoms with van der Waals surface area (Å²) in [6.45, 7) is 3.86. The molecule has 0 aliphatic heterocycles. The number of nitrogens with one attached hydrogen (secondary N) is 1. The summed E-state index contributed by atoms with van der Waals surface area (Å²) in [6.07, 6.45) is 0. The van der Waals surface area contributed by atoms with Gasteiger partial charge in [0.25, 0.3) is 0 Å². The summed E-state index contributed by atoms with van der Waals surface area (Å²) in [6, 6.07) is 5.66. The van der Waals surface area contributed by atoms with Crippen LogP contribution in [0.25, 0.3) is 11.0 Å². The first kappa shape index (κ1) is 12.9. The number of likely N-dealkylation sites (N-methyl/N-ethyl adjacent to an activating group) is 1. The zero-order chi connectivity index (χ0) is 13.3. The van der Waals surface area contributed by atoms with E-state index in [1.807, 2.05) is 36.6 Å². The van der Waals surface area contributed by atoms with Gasteiger partial charge in [0, 0.05) is 7.05 Å². The molecule has 96 valence electrons. The third-order valence-corrected chi connectivity index (χ3v) is 3.29. The number of aryl methyl sites for hydroxylation is 1. The van der Waals surface area contributed by atoms with Gasteiger partial charge >= 0.3 is 0 Å². The summed E-state index contributed by atoms with van der Waals surface area (Å²) in [5.74, 6) is 0.948. The molecule has 5 heteroatoms. The van der Waals surface area contributed by atoms with Crippen molar-refractivity contribution in [1.29, 1.82) is 0 Å². The average Bonchev–Trinajstić information content (AvgIpc) is 2.74. The van der Waals surface area contributed by atoms with Crippen molar-refractivity contribution in [2.75, 3.05) is 7.05 Å². The number of aromatic nitrogens is 2. The number of rotatable bonds is 3. The standard InChI is InChI=1S/C13H16ClN3O/c1-8-4-5-11-10(6-8)16-12(7-14)17(11)9(2)13(18)15-3/h4-6,9H,7H2,1-3H3,(H,15,18). The Balaban J connectivity index is 2.63. The highest BCUT2D eigenvalue weighted by atomic mass is 35.5. The maximum Gasteiger partial charge on any atom is 0.242 e. The molecule has 4 nitrogen and oxygen atoms in total. The Kier molecular flexibility index (Phi) is 3.57. The fourth-order valence-electron chi connectivity index (χ4n) is 2.11. The number of carbonyl (C=O) groups excluding carboxylic acids is 1. The summed E-state index contributed by atoms with van der Waals surface area (Å²) in [5, 5.41) is 2.65. The Morgan fingerprint density at radius 3 is 2.89 bits per heavy atom. The molecule has 1 amide bonds. The van der Waals surface area contributed by atoms with Crippen LogP contribution in [-0.4, -0.2) is 22.5 Å². The molecule has 0 spiro atoms. The molecule has 1 aromatic heterocycles. The molecule has 2 aromatic rings. The third kappa shape index (κ3) is 2.08. The number of imidazole rings is 1. The predicted molar refractivity (Wildman–Crippen MR) is 72.8 cm³/mol. The van der Waals surface area contributed by atoms with Gasteiger partial charge in [-0.25, -0.2) is 4.98 Å². The van der Waals surface area contributed by atoms with E-state index in [1.165, 1.54) is 0 Å². The van der Waals surface area contributed by atoms with Crippen molar-refractivity contribution in [3.8, 4) is 0 Å². The second-order valence-corrected chi connectivity index (χ2v) is 4.58. The molecule has 0 radical (unpaired) electrons. The summed E-state index contributed by atoms with van der Waals surface area (Å²) < 4.78 is 1.89. The monoisotopic (exact) mass is 265 g/mol. The van der Waals surface area contributed by atoms with Gasteiger partial charge in [0.15, 0.2) is 0 Å². The lowest BCUT2D eigenvalue weighted by Crippen LogP contribution is -2.28. The van der Waals surface area contributed by atoms with Gasteiger partial charge in [0.05, 0.1) is 16.9 Å². The maximum absolute atomic E-state index is 11.8. The SMILES string of the molecule is CNC(=O)C(C)n1c(CCl)nc2cc(C)ccc21. The molecule has 0 aliphatic carbocycles. The topological polar surface area (TPSA) is 46.9 Å². The number of hydrogen-bond acceptors (Lipinski definition) is 2. The van der Waals surface area contributed by atoms with Crippen LogP contribution in [0.15, 0.2) is 18.2 Å².